The Morgan fingerprint density at radius 2 is 2.00 bits per heavy atom. The van der Waals surface area contributed by atoms with E-state index in [9.17, 15) is 0 Å². The van der Waals surface area contributed by atoms with Gasteiger partial charge in [0, 0.05) is 0 Å². The molecular weight excluding hydrogens is 180 g/mol. The van der Waals surface area contributed by atoms with Gasteiger partial charge in [-0.3, -0.25) is 0 Å². The van der Waals surface area contributed by atoms with E-state index in [0.717, 1.165) is 12.3 Å². The van der Waals surface area contributed by atoms with E-state index in [1.54, 1.807) is 0 Å². The highest BCUT2D eigenvalue weighted by Gasteiger charge is 2.04. The van der Waals surface area contributed by atoms with Crippen molar-refractivity contribution in [2.45, 2.75) is 20.3 Å². The maximum atomic E-state index is 5.95. The summed E-state index contributed by atoms with van der Waals surface area (Å²) >= 11 is -0.508. The zero-order chi connectivity index (χ0) is 8.97. The molecule has 1 aromatic carbocycles. The summed E-state index contributed by atoms with van der Waals surface area (Å²) in [6.07, 6.45) is 1.16. The number of hydrogen-bond acceptors (Lipinski definition) is 0. The molecular formula is C10H13ClMg. The second kappa shape index (κ2) is 5.10. The van der Waals surface area contributed by atoms with Gasteiger partial charge in [0.25, 0.3) is 0 Å². The predicted molar refractivity (Wildman–Crippen MR) is 56.2 cm³/mol. The zero-order valence-corrected chi connectivity index (χ0v) is 9.85. The Balaban J connectivity index is 2.82. The molecule has 12 heavy (non-hydrogen) atoms. The minimum atomic E-state index is -0.508. The van der Waals surface area contributed by atoms with Crippen LogP contribution in [0.3, 0.4) is 0 Å². The van der Waals surface area contributed by atoms with Gasteiger partial charge in [0.2, 0.25) is 0 Å². The van der Waals surface area contributed by atoms with Crippen LogP contribution in [0.1, 0.15) is 19.4 Å². The minimum absolute atomic E-state index is 0.508. The van der Waals surface area contributed by atoms with Crippen molar-refractivity contribution in [2.24, 2.45) is 5.92 Å². The maximum Gasteiger partial charge on any atom is 0.538 e. The molecule has 0 heterocycles. The Kier molecular flexibility index (Phi) is 4.40. The van der Waals surface area contributed by atoms with E-state index < -0.39 is 19.3 Å². The molecule has 1 aromatic rings. The van der Waals surface area contributed by atoms with Gasteiger partial charge in [-0.15, -0.1) is 3.69 Å². The van der Waals surface area contributed by atoms with Crippen LogP contribution < -0.4 is 3.69 Å². The molecule has 2 heteroatoms. The Bertz CT molecular complexity index is 245. The first kappa shape index (κ1) is 10.4. The van der Waals surface area contributed by atoms with Crippen molar-refractivity contribution < 1.29 is 0 Å². The van der Waals surface area contributed by atoms with Crippen molar-refractivity contribution in [2.75, 3.05) is 0 Å². The van der Waals surface area contributed by atoms with Gasteiger partial charge in [-0.25, -0.2) is 0 Å². The topological polar surface area (TPSA) is 0 Å². The molecule has 0 spiro atoms. The summed E-state index contributed by atoms with van der Waals surface area (Å²) in [6.45, 7) is 4.49. The lowest BCUT2D eigenvalue weighted by Crippen LogP contribution is -2.16. The molecule has 0 aliphatic heterocycles. The van der Waals surface area contributed by atoms with E-state index >= 15 is 0 Å². The van der Waals surface area contributed by atoms with Gasteiger partial charge in [0.15, 0.2) is 0 Å². The lowest BCUT2D eigenvalue weighted by Gasteiger charge is -2.09. The quantitative estimate of drug-likeness (QED) is 0.646. The number of rotatable bonds is 3. The Morgan fingerprint density at radius 1 is 1.33 bits per heavy atom. The molecule has 0 radical (unpaired) electrons. The van der Waals surface area contributed by atoms with Crippen LogP contribution in [0, 0.1) is 5.92 Å². The van der Waals surface area contributed by atoms with Crippen LogP contribution in [0.2, 0.25) is 0 Å². The standard InChI is InChI=1S/C10H13.ClH.Mg/c1-9(2)8-10-6-4-3-5-7-10;;/h3-6,9H,8H2,1-2H3;1H;/q;;+1/p-1. The minimum Gasteiger partial charge on any atom is -0.336 e. The first-order valence-electron chi connectivity index (χ1n) is 4.36. The van der Waals surface area contributed by atoms with Crippen molar-refractivity contribution in [3.63, 3.8) is 0 Å². The normalized spacial score (nSPS) is 10.0. The van der Waals surface area contributed by atoms with E-state index in [-0.39, 0.29) is 0 Å². The molecule has 0 atom stereocenters. The summed E-state index contributed by atoms with van der Waals surface area (Å²) in [4.78, 5) is 0. The van der Waals surface area contributed by atoms with Gasteiger partial charge in [-0.05, 0) is 12.3 Å². The lowest BCUT2D eigenvalue weighted by atomic mass is 10.0. The highest BCUT2D eigenvalue weighted by atomic mass is 35.5. The molecule has 0 N–H and O–H groups in total. The monoisotopic (exact) mass is 192 g/mol. The van der Waals surface area contributed by atoms with Crippen molar-refractivity contribution in [3.05, 3.63) is 29.8 Å². The predicted octanol–water partition coefficient (Wildman–Crippen LogP) is 2.37. The average Bonchev–Trinajstić information content (AvgIpc) is 2.04. The molecule has 0 amide bonds. The summed E-state index contributed by atoms with van der Waals surface area (Å²) in [6, 6.07) is 8.54. The van der Waals surface area contributed by atoms with Crippen molar-refractivity contribution in [1.29, 1.82) is 0 Å². The fraction of sp³-hybridized carbons (Fsp3) is 0.400. The van der Waals surface area contributed by atoms with Crippen LogP contribution in [-0.4, -0.2) is 19.3 Å². The molecule has 1 rings (SSSR count). The molecule has 0 aromatic heterocycles. The van der Waals surface area contributed by atoms with Gasteiger partial charge in [-0.2, -0.15) is 0 Å². The van der Waals surface area contributed by atoms with E-state index in [1.807, 2.05) is 0 Å². The van der Waals surface area contributed by atoms with E-state index in [2.05, 4.69) is 38.1 Å². The molecule has 62 valence electrons. The molecule has 0 aliphatic carbocycles. The van der Waals surface area contributed by atoms with Gasteiger partial charge in [-0.1, -0.05) is 43.7 Å². The van der Waals surface area contributed by atoms with Crippen LogP contribution in [0.15, 0.2) is 24.3 Å². The van der Waals surface area contributed by atoms with Crippen LogP contribution >= 0.6 is 9.07 Å². The summed E-state index contributed by atoms with van der Waals surface area (Å²) in [5, 5.41) is 0. The lowest BCUT2D eigenvalue weighted by molar-refractivity contribution is 0.649. The molecule has 0 saturated carbocycles. The molecule has 0 aliphatic rings. The van der Waals surface area contributed by atoms with Crippen LogP contribution in [0.5, 0.6) is 0 Å². The van der Waals surface area contributed by atoms with E-state index in [4.69, 9.17) is 9.07 Å². The molecule has 0 bridgehead atoms. The maximum absolute atomic E-state index is 5.95. The van der Waals surface area contributed by atoms with Crippen LogP contribution in [0.25, 0.3) is 0 Å². The van der Waals surface area contributed by atoms with Gasteiger partial charge >= 0.3 is 19.3 Å². The average molecular weight is 193 g/mol. The van der Waals surface area contributed by atoms with Crippen LogP contribution in [-0.2, 0) is 6.42 Å². The third kappa shape index (κ3) is 2.96. The summed E-state index contributed by atoms with van der Waals surface area (Å²) < 4.78 is 1.41. The van der Waals surface area contributed by atoms with Gasteiger partial charge in [0.05, 0.1) is 0 Å². The van der Waals surface area contributed by atoms with E-state index in [0.29, 0.717) is 0 Å². The van der Waals surface area contributed by atoms with Gasteiger partial charge in [0.1, 0.15) is 0 Å². The summed E-state index contributed by atoms with van der Waals surface area (Å²) in [7, 11) is 5.95. The molecule has 0 saturated heterocycles. The highest BCUT2D eigenvalue weighted by Crippen LogP contribution is 2.05. The van der Waals surface area contributed by atoms with Gasteiger partial charge < -0.3 is 9.07 Å². The molecule has 0 nitrogen and oxygen atoms in total. The fourth-order valence-electron chi connectivity index (χ4n) is 1.33. The first-order valence-corrected chi connectivity index (χ1v) is 7.21. The molecule has 0 unspecified atom stereocenters. The summed E-state index contributed by atoms with van der Waals surface area (Å²) in [5.41, 5.74) is 1.45. The second-order valence-corrected chi connectivity index (χ2v) is 5.33. The highest BCUT2D eigenvalue weighted by molar-refractivity contribution is 7.01. The molecule has 0 fully saturated rings. The third-order valence-electron chi connectivity index (χ3n) is 1.89. The Morgan fingerprint density at radius 3 is 2.58 bits per heavy atom. The first-order chi connectivity index (χ1) is 5.74. The second-order valence-electron chi connectivity index (χ2n) is 3.50. The largest absolute Gasteiger partial charge is 0.538 e. The Labute approximate surface area is 87.8 Å². The van der Waals surface area contributed by atoms with Crippen LogP contribution in [0.4, 0.5) is 0 Å². The number of halogens is 1. The van der Waals surface area contributed by atoms with Crippen molar-refractivity contribution in [1.82, 2.24) is 0 Å². The number of hydrogen-bond donors (Lipinski definition) is 0. The Hall–Kier alpha value is 0.276. The summed E-state index contributed by atoms with van der Waals surface area (Å²) in [5.74, 6) is 0.725. The smallest absolute Gasteiger partial charge is 0.336 e. The SMILES string of the molecule is CC(C)Cc1cccc[c]1[Mg][Cl]. The van der Waals surface area contributed by atoms with Crippen molar-refractivity contribution in [3.8, 4) is 0 Å². The van der Waals surface area contributed by atoms with E-state index in [1.165, 1.54) is 9.26 Å². The van der Waals surface area contributed by atoms with Crippen molar-refractivity contribution >= 4 is 32.0 Å². The fourth-order valence-corrected chi connectivity index (χ4v) is 2.77. The zero-order valence-electron chi connectivity index (χ0n) is 7.68. The third-order valence-corrected chi connectivity index (χ3v) is 3.73. The number of benzene rings is 1.